The molecule has 40 heavy (non-hydrogen) atoms. The van der Waals surface area contributed by atoms with Gasteiger partial charge in [-0.25, -0.2) is 4.39 Å². The second kappa shape index (κ2) is 13.1. The van der Waals surface area contributed by atoms with Gasteiger partial charge in [0.2, 0.25) is 11.7 Å². The molecule has 214 valence electrons. The Balaban J connectivity index is 1.03. The Hall–Kier alpha value is -3.77. The van der Waals surface area contributed by atoms with E-state index in [1.807, 2.05) is 0 Å². The Morgan fingerprint density at radius 2 is 2.10 bits per heavy atom. The number of ether oxygens (including phenoxy) is 2. The topological polar surface area (TPSA) is 123 Å². The lowest BCUT2D eigenvalue weighted by molar-refractivity contribution is -0.132. The largest absolute Gasteiger partial charge is 0.493 e. The highest BCUT2D eigenvalue weighted by molar-refractivity contribution is 5.95. The van der Waals surface area contributed by atoms with Crippen molar-refractivity contribution < 1.29 is 32.4 Å². The van der Waals surface area contributed by atoms with Gasteiger partial charge in [0, 0.05) is 38.9 Å². The number of furan rings is 1. The van der Waals surface area contributed by atoms with Crippen LogP contribution in [0.25, 0.3) is 11.4 Å². The summed E-state index contributed by atoms with van der Waals surface area (Å²) in [5.74, 6) is 0.177. The first-order valence-electron chi connectivity index (χ1n) is 13.7. The van der Waals surface area contributed by atoms with Crippen molar-refractivity contribution in [3.63, 3.8) is 0 Å². The normalized spacial score (nSPS) is 18.9. The number of carbonyl (C=O) groups is 2. The molecule has 2 aliphatic heterocycles. The summed E-state index contributed by atoms with van der Waals surface area (Å²) in [6.45, 7) is 6.37. The van der Waals surface area contributed by atoms with Gasteiger partial charge in [0.25, 0.3) is 11.8 Å². The number of hydrogen-bond acceptors (Lipinski definition) is 9. The molecule has 0 bridgehead atoms. The molecule has 0 radical (unpaired) electrons. The molecule has 2 amide bonds. The first-order chi connectivity index (χ1) is 19.5. The van der Waals surface area contributed by atoms with Crippen LogP contribution >= 0.6 is 0 Å². The van der Waals surface area contributed by atoms with E-state index in [0.717, 1.165) is 45.3 Å². The van der Waals surface area contributed by atoms with E-state index in [2.05, 4.69) is 20.4 Å². The predicted molar refractivity (Wildman–Crippen MR) is 141 cm³/mol. The smallest absolute Gasteiger partial charge is 0.287 e. The van der Waals surface area contributed by atoms with Crippen molar-refractivity contribution in [2.45, 2.75) is 44.8 Å². The molecular weight excluding hydrogens is 521 g/mol. The van der Waals surface area contributed by atoms with Gasteiger partial charge < -0.3 is 33.5 Å². The molecule has 2 aliphatic rings. The summed E-state index contributed by atoms with van der Waals surface area (Å²) in [4.78, 5) is 33.4. The summed E-state index contributed by atoms with van der Waals surface area (Å²) >= 11 is 0. The highest BCUT2D eigenvalue weighted by Crippen LogP contribution is 2.30. The van der Waals surface area contributed by atoms with E-state index >= 15 is 0 Å². The maximum Gasteiger partial charge on any atom is 0.287 e. The second-order valence-electron chi connectivity index (χ2n) is 9.99. The van der Waals surface area contributed by atoms with E-state index in [9.17, 15) is 14.0 Å². The van der Waals surface area contributed by atoms with Gasteiger partial charge in [0.1, 0.15) is 23.7 Å². The summed E-state index contributed by atoms with van der Waals surface area (Å²) in [6, 6.07) is 7.16. The molecular formula is C28H34FN5O6. The molecule has 3 aromatic rings. The fraction of sp³-hybridized carbons (Fsp3) is 0.500. The van der Waals surface area contributed by atoms with E-state index in [-0.39, 0.29) is 29.2 Å². The SMILES string of the molecule is C[C@H](NC(=O)c1ccco1)C(=O)N1CCCN(CCCOc2ccc(-c3noc(C4CCCO4)n3)c(F)c2)CC1. The fourth-order valence-corrected chi connectivity index (χ4v) is 4.92. The van der Waals surface area contributed by atoms with Crippen molar-refractivity contribution in [3.05, 3.63) is 54.1 Å². The third-order valence-corrected chi connectivity index (χ3v) is 7.08. The molecule has 5 rings (SSSR count). The quantitative estimate of drug-likeness (QED) is 0.375. The molecule has 1 N–H and O–H groups in total. The number of hydrogen-bond donors (Lipinski definition) is 1. The number of halogens is 1. The molecule has 2 atom stereocenters. The van der Waals surface area contributed by atoms with Crippen LogP contribution in [0.1, 0.15) is 55.2 Å². The Labute approximate surface area is 231 Å². The van der Waals surface area contributed by atoms with Crippen molar-refractivity contribution in [1.82, 2.24) is 25.3 Å². The minimum absolute atomic E-state index is 0.112. The van der Waals surface area contributed by atoms with Gasteiger partial charge in [-0.3, -0.25) is 9.59 Å². The average molecular weight is 556 g/mol. The minimum Gasteiger partial charge on any atom is -0.493 e. The molecule has 2 aromatic heterocycles. The summed E-state index contributed by atoms with van der Waals surface area (Å²) in [5, 5.41) is 6.61. The summed E-state index contributed by atoms with van der Waals surface area (Å²) in [5.41, 5.74) is 0.249. The Bertz CT molecular complexity index is 1280. The number of aromatic nitrogens is 2. The van der Waals surface area contributed by atoms with Gasteiger partial charge >= 0.3 is 0 Å². The Morgan fingerprint density at radius 3 is 2.88 bits per heavy atom. The molecule has 0 saturated carbocycles. The molecule has 12 heteroatoms. The molecule has 4 heterocycles. The highest BCUT2D eigenvalue weighted by Gasteiger charge is 2.26. The van der Waals surface area contributed by atoms with Gasteiger partial charge in [0.05, 0.1) is 18.4 Å². The van der Waals surface area contributed by atoms with Crippen LogP contribution in [0.15, 0.2) is 45.5 Å². The van der Waals surface area contributed by atoms with Crippen molar-refractivity contribution in [2.75, 3.05) is 45.9 Å². The van der Waals surface area contributed by atoms with Gasteiger partial charge in [-0.1, -0.05) is 5.16 Å². The van der Waals surface area contributed by atoms with Gasteiger partial charge in [0.15, 0.2) is 5.76 Å². The van der Waals surface area contributed by atoms with Crippen LogP contribution < -0.4 is 10.1 Å². The lowest BCUT2D eigenvalue weighted by Crippen LogP contribution is -2.48. The third-order valence-electron chi connectivity index (χ3n) is 7.08. The van der Waals surface area contributed by atoms with E-state index in [4.69, 9.17) is 18.4 Å². The van der Waals surface area contributed by atoms with Crippen LogP contribution in [0.2, 0.25) is 0 Å². The van der Waals surface area contributed by atoms with E-state index in [1.54, 1.807) is 36.1 Å². The third kappa shape index (κ3) is 6.86. The zero-order chi connectivity index (χ0) is 27.9. The van der Waals surface area contributed by atoms with Gasteiger partial charge in [-0.05, 0) is 63.4 Å². The number of rotatable bonds is 10. The average Bonchev–Trinajstić information content (AvgIpc) is 3.73. The number of amides is 2. The summed E-state index contributed by atoms with van der Waals surface area (Å²) < 4.78 is 36.4. The zero-order valence-electron chi connectivity index (χ0n) is 22.5. The highest BCUT2D eigenvalue weighted by atomic mass is 19.1. The standard InChI is InChI=1S/C28H34FN5O6/c1-19(30-26(35)23-6-2-15-38-23)28(36)34-12-4-10-33(13-14-34)11-5-17-37-20-8-9-21(22(29)18-20)25-31-27(40-32-25)24-7-3-16-39-24/h2,6,8-9,15,18-19,24H,3-5,7,10-14,16-17H2,1H3,(H,30,35)/t19-,24?/m0/s1. The Morgan fingerprint density at radius 1 is 1.20 bits per heavy atom. The number of carbonyl (C=O) groups excluding carboxylic acids is 2. The molecule has 0 aliphatic carbocycles. The molecule has 1 unspecified atom stereocenters. The minimum atomic E-state index is -0.646. The van der Waals surface area contributed by atoms with Crippen LogP contribution in [0.4, 0.5) is 4.39 Å². The Kier molecular flexibility index (Phi) is 9.07. The summed E-state index contributed by atoms with van der Waals surface area (Å²) in [7, 11) is 0. The van der Waals surface area contributed by atoms with E-state index < -0.39 is 17.8 Å². The van der Waals surface area contributed by atoms with Crippen LogP contribution in [0, 0.1) is 5.82 Å². The predicted octanol–water partition coefficient (Wildman–Crippen LogP) is 3.44. The lowest BCUT2D eigenvalue weighted by Gasteiger charge is -2.25. The van der Waals surface area contributed by atoms with Crippen molar-refractivity contribution in [3.8, 4) is 17.1 Å². The van der Waals surface area contributed by atoms with Crippen LogP contribution in [-0.4, -0.2) is 83.7 Å². The molecule has 0 spiro atoms. The van der Waals surface area contributed by atoms with Gasteiger partial charge in [-0.15, -0.1) is 0 Å². The maximum atomic E-state index is 14.8. The number of benzene rings is 1. The van der Waals surface area contributed by atoms with Gasteiger partial charge in [-0.2, -0.15) is 4.98 Å². The number of nitrogens with zero attached hydrogens (tertiary/aromatic N) is 4. The molecule has 11 nitrogen and oxygen atoms in total. The molecule has 2 fully saturated rings. The molecule has 1 aromatic carbocycles. The zero-order valence-corrected chi connectivity index (χ0v) is 22.5. The van der Waals surface area contributed by atoms with Crippen LogP contribution in [0.3, 0.4) is 0 Å². The van der Waals surface area contributed by atoms with E-state index in [1.165, 1.54) is 12.3 Å². The van der Waals surface area contributed by atoms with Crippen LogP contribution in [0.5, 0.6) is 5.75 Å². The lowest BCUT2D eigenvalue weighted by atomic mass is 10.2. The van der Waals surface area contributed by atoms with Crippen molar-refractivity contribution in [1.29, 1.82) is 0 Å². The number of nitrogens with one attached hydrogen (secondary N) is 1. The monoisotopic (exact) mass is 555 g/mol. The van der Waals surface area contributed by atoms with E-state index in [0.29, 0.717) is 37.9 Å². The van der Waals surface area contributed by atoms with Crippen molar-refractivity contribution in [2.24, 2.45) is 0 Å². The van der Waals surface area contributed by atoms with Crippen LogP contribution in [-0.2, 0) is 9.53 Å². The van der Waals surface area contributed by atoms with Crippen molar-refractivity contribution >= 4 is 11.8 Å². The first kappa shape index (κ1) is 27.8. The maximum absolute atomic E-state index is 14.8. The first-order valence-corrected chi connectivity index (χ1v) is 13.7. The fourth-order valence-electron chi connectivity index (χ4n) is 4.92. The summed E-state index contributed by atoms with van der Waals surface area (Å²) in [6.07, 6.45) is 4.54. The second-order valence-corrected chi connectivity index (χ2v) is 9.99. The molecule has 2 saturated heterocycles.